The van der Waals surface area contributed by atoms with E-state index in [-0.39, 0.29) is 0 Å². The van der Waals surface area contributed by atoms with Crippen LogP contribution in [0.1, 0.15) is 31.0 Å². The zero-order valence-electron chi connectivity index (χ0n) is 12.1. The van der Waals surface area contributed by atoms with Gasteiger partial charge in [-0.2, -0.15) is 5.10 Å². The van der Waals surface area contributed by atoms with Crippen LogP contribution in [0.4, 0.5) is 0 Å². The number of nitrogens with one attached hydrogen (secondary N) is 1. The molecule has 19 heavy (non-hydrogen) atoms. The van der Waals surface area contributed by atoms with Gasteiger partial charge in [0.1, 0.15) is 5.15 Å². The molecule has 2 heterocycles. The first-order valence-corrected chi connectivity index (χ1v) is 7.48. The van der Waals surface area contributed by atoms with Gasteiger partial charge in [-0.1, -0.05) is 18.5 Å². The zero-order valence-corrected chi connectivity index (χ0v) is 12.8. The van der Waals surface area contributed by atoms with Crippen LogP contribution in [0.2, 0.25) is 5.15 Å². The average Bonchev–Trinajstić information content (AvgIpc) is 2.94. The monoisotopic (exact) mass is 285 g/mol. The van der Waals surface area contributed by atoms with Crippen LogP contribution >= 0.6 is 11.6 Å². The van der Waals surface area contributed by atoms with E-state index < -0.39 is 0 Å². The number of hydrogen-bond donors (Lipinski definition) is 1. The van der Waals surface area contributed by atoms with E-state index in [1.54, 1.807) is 4.68 Å². The Morgan fingerprint density at radius 1 is 1.58 bits per heavy atom. The standard InChI is InChI=1S/C14H24ClN3O/c1-4-16-12(7-11-5-6-19-9-11)8-13-10(2)17-18(3)14(13)15/h11-12,16H,4-9H2,1-3H3. The highest BCUT2D eigenvalue weighted by Gasteiger charge is 2.22. The smallest absolute Gasteiger partial charge is 0.130 e. The molecule has 2 rings (SSSR count). The largest absolute Gasteiger partial charge is 0.381 e. The summed E-state index contributed by atoms with van der Waals surface area (Å²) in [6.45, 7) is 6.98. The predicted octanol–water partition coefficient (Wildman–Crippen LogP) is 2.33. The van der Waals surface area contributed by atoms with Crippen molar-refractivity contribution in [2.75, 3.05) is 19.8 Å². The van der Waals surface area contributed by atoms with Gasteiger partial charge in [-0.15, -0.1) is 0 Å². The van der Waals surface area contributed by atoms with E-state index in [9.17, 15) is 0 Å². The second kappa shape index (κ2) is 6.73. The normalized spacial score (nSPS) is 20.9. The van der Waals surface area contributed by atoms with Gasteiger partial charge in [0, 0.05) is 31.9 Å². The summed E-state index contributed by atoms with van der Waals surface area (Å²) in [5.74, 6) is 0.680. The van der Waals surface area contributed by atoms with E-state index in [4.69, 9.17) is 16.3 Å². The number of ether oxygens (including phenoxy) is 1. The molecule has 0 bridgehead atoms. The van der Waals surface area contributed by atoms with E-state index in [1.807, 2.05) is 14.0 Å². The van der Waals surface area contributed by atoms with Crippen LogP contribution in [0.5, 0.6) is 0 Å². The summed E-state index contributed by atoms with van der Waals surface area (Å²) in [6.07, 6.45) is 3.28. The lowest BCUT2D eigenvalue weighted by Crippen LogP contribution is -2.33. The molecule has 5 heteroatoms. The highest BCUT2D eigenvalue weighted by molar-refractivity contribution is 6.30. The fraction of sp³-hybridized carbons (Fsp3) is 0.786. The Morgan fingerprint density at radius 3 is 2.89 bits per heavy atom. The summed E-state index contributed by atoms with van der Waals surface area (Å²) >= 11 is 6.32. The number of likely N-dealkylation sites (N-methyl/N-ethyl adjacent to an activating group) is 1. The molecule has 1 N–H and O–H groups in total. The van der Waals surface area contributed by atoms with Gasteiger partial charge < -0.3 is 10.1 Å². The van der Waals surface area contributed by atoms with Gasteiger partial charge >= 0.3 is 0 Å². The molecule has 108 valence electrons. The molecule has 4 nitrogen and oxygen atoms in total. The molecule has 2 unspecified atom stereocenters. The van der Waals surface area contributed by atoms with Crippen LogP contribution in [0.15, 0.2) is 0 Å². The molecule has 1 aliphatic rings. The van der Waals surface area contributed by atoms with E-state index in [0.29, 0.717) is 12.0 Å². The first-order chi connectivity index (χ1) is 9.11. The Bertz CT molecular complexity index is 413. The summed E-state index contributed by atoms with van der Waals surface area (Å²) in [6, 6.07) is 0.456. The molecule has 1 aliphatic heterocycles. The van der Waals surface area contributed by atoms with Gasteiger partial charge in [0.15, 0.2) is 0 Å². The maximum atomic E-state index is 6.32. The minimum absolute atomic E-state index is 0.456. The Hall–Kier alpha value is -0.580. The predicted molar refractivity (Wildman–Crippen MR) is 77.7 cm³/mol. The van der Waals surface area contributed by atoms with Gasteiger partial charge in [0.05, 0.1) is 5.69 Å². The first kappa shape index (κ1) is 14.8. The van der Waals surface area contributed by atoms with E-state index in [2.05, 4.69) is 17.3 Å². The highest BCUT2D eigenvalue weighted by atomic mass is 35.5. The highest BCUT2D eigenvalue weighted by Crippen LogP contribution is 2.24. The van der Waals surface area contributed by atoms with Crippen molar-refractivity contribution >= 4 is 11.6 Å². The topological polar surface area (TPSA) is 39.1 Å². The van der Waals surface area contributed by atoms with Crippen molar-refractivity contribution in [1.29, 1.82) is 0 Å². The Labute approximate surface area is 120 Å². The van der Waals surface area contributed by atoms with Crippen molar-refractivity contribution in [3.05, 3.63) is 16.4 Å². The van der Waals surface area contributed by atoms with E-state index >= 15 is 0 Å². The SMILES string of the molecule is CCNC(Cc1c(C)nn(C)c1Cl)CC1CCOC1. The number of hydrogen-bond acceptors (Lipinski definition) is 3. The zero-order chi connectivity index (χ0) is 13.8. The lowest BCUT2D eigenvalue weighted by Gasteiger charge is -2.20. The van der Waals surface area contributed by atoms with Crippen LogP contribution in [0.25, 0.3) is 0 Å². The van der Waals surface area contributed by atoms with Gasteiger partial charge in [-0.3, -0.25) is 4.68 Å². The minimum atomic E-state index is 0.456. The van der Waals surface area contributed by atoms with Gasteiger partial charge in [0.25, 0.3) is 0 Å². The fourth-order valence-electron chi connectivity index (χ4n) is 2.85. The average molecular weight is 286 g/mol. The molecule has 1 aromatic heterocycles. The van der Waals surface area contributed by atoms with Crippen molar-refractivity contribution in [3.8, 4) is 0 Å². The molecule has 1 fully saturated rings. The Balaban J connectivity index is 2.02. The third-order valence-corrected chi connectivity index (χ3v) is 4.33. The van der Waals surface area contributed by atoms with Crippen LogP contribution in [0, 0.1) is 12.8 Å². The first-order valence-electron chi connectivity index (χ1n) is 7.10. The molecule has 0 amide bonds. The summed E-state index contributed by atoms with van der Waals surface area (Å²) in [5.41, 5.74) is 2.21. The molecule has 0 aromatic carbocycles. The van der Waals surface area contributed by atoms with Gasteiger partial charge in [0.2, 0.25) is 0 Å². The number of nitrogens with zero attached hydrogens (tertiary/aromatic N) is 2. The number of aryl methyl sites for hydroxylation is 2. The third-order valence-electron chi connectivity index (χ3n) is 3.86. The van der Waals surface area contributed by atoms with Crippen molar-refractivity contribution in [2.24, 2.45) is 13.0 Å². The molecule has 0 saturated carbocycles. The van der Waals surface area contributed by atoms with Crippen molar-refractivity contribution in [2.45, 2.75) is 39.2 Å². The molecule has 2 atom stereocenters. The molecular formula is C14H24ClN3O. The molecule has 1 aromatic rings. The van der Waals surface area contributed by atoms with Crippen molar-refractivity contribution in [1.82, 2.24) is 15.1 Å². The summed E-state index contributed by atoms with van der Waals surface area (Å²) < 4.78 is 7.23. The van der Waals surface area contributed by atoms with Gasteiger partial charge in [-0.25, -0.2) is 0 Å². The summed E-state index contributed by atoms with van der Waals surface area (Å²) in [5, 5.41) is 8.73. The number of halogens is 1. The lowest BCUT2D eigenvalue weighted by atomic mass is 9.94. The van der Waals surface area contributed by atoms with Crippen molar-refractivity contribution < 1.29 is 4.74 Å². The maximum Gasteiger partial charge on any atom is 0.130 e. The Kier molecular flexibility index (Phi) is 5.25. The molecule has 0 spiro atoms. The minimum Gasteiger partial charge on any atom is -0.381 e. The Morgan fingerprint density at radius 2 is 2.37 bits per heavy atom. The summed E-state index contributed by atoms with van der Waals surface area (Å²) in [4.78, 5) is 0. The number of rotatable bonds is 6. The van der Waals surface area contributed by atoms with E-state index in [0.717, 1.165) is 43.4 Å². The third kappa shape index (κ3) is 3.71. The molecule has 0 aliphatic carbocycles. The lowest BCUT2D eigenvalue weighted by molar-refractivity contribution is 0.181. The molecule has 0 radical (unpaired) electrons. The van der Waals surface area contributed by atoms with Crippen LogP contribution in [0.3, 0.4) is 0 Å². The molecular weight excluding hydrogens is 262 g/mol. The van der Waals surface area contributed by atoms with Crippen molar-refractivity contribution in [3.63, 3.8) is 0 Å². The fourth-order valence-corrected chi connectivity index (χ4v) is 3.10. The second-order valence-corrected chi connectivity index (χ2v) is 5.76. The summed E-state index contributed by atoms with van der Waals surface area (Å²) in [7, 11) is 1.89. The van der Waals surface area contributed by atoms with Crippen LogP contribution in [-0.2, 0) is 18.2 Å². The van der Waals surface area contributed by atoms with Crippen LogP contribution < -0.4 is 5.32 Å². The van der Waals surface area contributed by atoms with E-state index in [1.165, 1.54) is 12.0 Å². The molecule has 1 saturated heterocycles. The van der Waals surface area contributed by atoms with Crippen LogP contribution in [-0.4, -0.2) is 35.6 Å². The number of aromatic nitrogens is 2. The quantitative estimate of drug-likeness (QED) is 0.872. The van der Waals surface area contributed by atoms with Gasteiger partial charge in [-0.05, 0) is 38.6 Å². The second-order valence-electron chi connectivity index (χ2n) is 5.40. The maximum absolute atomic E-state index is 6.32.